The van der Waals surface area contributed by atoms with Crippen molar-refractivity contribution in [1.82, 2.24) is 15.2 Å². The molecule has 11 nitrogen and oxygen atoms in total. The highest BCUT2D eigenvalue weighted by Gasteiger charge is 2.64. The summed E-state index contributed by atoms with van der Waals surface area (Å²) in [7, 11) is 3.14. The summed E-state index contributed by atoms with van der Waals surface area (Å²) in [4.78, 5) is 45.7. The van der Waals surface area contributed by atoms with E-state index in [2.05, 4.69) is 31.1 Å². The third-order valence-electron chi connectivity index (χ3n) is 8.71. The Bertz CT molecular complexity index is 1590. The number of hydrogen-bond acceptors (Lipinski definition) is 10. The van der Waals surface area contributed by atoms with E-state index in [-0.39, 0.29) is 41.7 Å². The number of fused-ring (bicyclic) bond motifs is 3. The van der Waals surface area contributed by atoms with E-state index in [1.165, 1.54) is 4.90 Å². The van der Waals surface area contributed by atoms with Crippen LogP contribution in [0.5, 0.6) is 5.75 Å². The van der Waals surface area contributed by atoms with E-state index in [9.17, 15) is 34.8 Å². The van der Waals surface area contributed by atoms with Crippen molar-refractivity contribution < 1.29 is 34.8 Å². The number of hydrogen-bond donors (Lipinski definition) is 6. The molecule has 1 amide bonds. The lowest BCUT2D eigenvalue weighted by molar-refractivity contribution is -0.153. The largest absolute Gasteiger partial charge is 0.508 e. The Morgan fingerprint density at radius 3 is 2.47 bits per heavy atom. The Balaban J connectivity index is 1.72. The van der Waals surface area contributed by atoms with Gasteiger partial charge in [0.2, 0.25) is 5.78 Å². The molecule has 0 radical (unpaired) electrons. The van der Waals surface area contributed by atoms with Crippen LogP contribution in [0.1, 0.15) is 43.9 Å². The van der Waals surface area contributed by atoms with E-state index >= 15 is 0 Å². The topological polar surface area (TPSA) is 186 Å². The van der Waals surface area contributed by atoms with Crippen molar-refractivity contribution in [2.45, 2.75) is 51.8 Å². The summed E-state index contributed by atoms with van der Waals surface area (Å²) in [5.74, 6) is -6.76. The SMILES string of the molecule is CN(C)[C@H]1C(=O)C(C(N)=O)=C(O)[C@@]2(O)C(=O)C3=C(O)c4c(O)c(CNCC(C)(C)C)cc(-c5ccccn5)c4C[C@H]3C[C@@H]12. The average Bonchev–Trinajstić information content (AvgIpc) is 2.91. The van der Waals surface area contributed by atoms with Gasteiger partial charge in [-0.05, 0) is 62.0 Å². The third kappa shape index (κ3) is 4.81. The van der Waals surface area contributed by atoms with Crippen molar-refractivity contribution in [1.29, 1.82) is 0 Å². The highest BCUT2D eigenvalue weighted by molar-refractivity contribution is 6.24. The fourth-order valence-electron chi connectivity index (χ4n) is 6.82. The van der Waals surface area contributed by atoms with Crippen LogP contribution in [0.2, 0.25) is 0 Å². The molecular formula is C32H38N4O7. The number of aliphatic hydroxyl groups excluding tert-OH is 2. The highest BCUT2D eigenvalue weighted by Crippen LogP contribution is 2.54. The molecule has 0 unspecified atom stereocenters. The number of nitrogens with zero attached hydrogens (tertiary/aromatic N) is 2. The minimum Gasteiger partial charge on any atom is -0.508 e. The first-order valence-corrected chi connectivity index (χ1v) is 14.2. The number of primary amides is 1. The van der Waals surface area contributed by atoms with E-state index in [0.29, 0.717) is 28.9 Å². The van der Waals surface area contributed by atoms with Gasteiger partial charge < -0.3 is 31.5 Å². The Hall–Kier alpha value is -4.06. The van der Waals surface area contributed by atoms with E-state index in [4.69, 9.17) is 5.73 Å². The van der Waals surface area contributed by atoms with Gasteiger partial charge in [-0.1, -0.05) is 26.8 Å². The maximum Gasteiger partial charge on any atom is 0.255 e. The summed E-state index contributed by atoms with van der Waals surface area (Å²) in [5, 5.41) is 49.5. The number of phenolic OH excluding ortho intramolecular Hbond substituents is 1. The molecule has 2 aromatic rings. The number of ketones is 2. The van der Waals surface area contributed by atoms with Crippen LogP contribution in [0.4, 0.5) is 0 Å². The second-order valence-corrected chi connectivity index (χ2v) is 13.1. The van der Waals surface area contributed by atoms with Gasteiger partial charge in [0.25, 0.3) is 5.91 Å². The number of amides is 1. The number of benzene rings is 1. The van der Waals surface area contributed by atoms with Gasteiger partial charge in [-0.2, -0.15) is 0 Å². The summed E-state index contributed by atoms with van der Waals surface area (Å²) < 4.78 is 0. The van der Waals surface area contributed by atoms with Crippen LogP contribution in [0, 0.1) is 17.3 Å². The Morgan fingerprint density at radius 2 is 1.88 bits per heavy atom. The predicted octanol–water partition coefficient (Wildman–Crippen LogP) is 2.16. The van der Waals surface area contributed by atoms with Gasteiger partial charge in [0.1, 0.15) is 22.8 Å². The number of rotatable bonds is 6. The first-order valence-electron chi connectivity index (χ1n) is 14.2. The molecule has 7 N–H and O–H groups in total. The predicted molar refractivity (Wildman–Crippen MR) is 159 cm³/mol. The standard InChI is InChI=1S/C32H38N4O7/c1-31(2,3)14-34-13-16-11-17(20-8-6-7-9-35-20)18-10-15-12-19-24(36(4)5)27(39)23(30(33)42)29(41)32(19,43)28(40)21(15)26(38)22(18)25(16)37/h6-9,11,15,19,24,34,37-38,41,43H,10,12-14H2,1-5H3,(H2,33,42)/t15-,19-,24+,32-/m0/s1. The minimum absolute atomic E-state index is 0.0169. The average molecular weight is 591 g/mol. The fraction of sp³-hybridized carbons (Fsp3) is 0.438. The minimum atomic E-state index is -2.68. The lowest BCUT2D eigenvalue weighted by atomic mass is 9.57. The molecule has 4 atom stereocenters. The number of nitrogens with two attached hydrogens (primary N) is 1. The second kappa shape index (κ2) is 10.6. The third-order valence-corrected chi connectivity index (χ3v) is 8.71. The van der Waals surface area contributed by atoms with Crippen LogP contribution in [-0.2, 0) is 27.3 Å². The molecule has 1 saturated carbocycles. The number of aromatic nitrogens is 1. The molecule has 0 bridgehead atoms. The number of aliphatic hydroxyl groups is 3. The molecule has 0 spiro atoms. The van der Waals surface area contributed by atoms with Crippen LogP contribution < -0.4 is 11.1 Å². The van der Waals surface area contributed by atoms with Gasteiger partial charge in [-0.25, -0.2) is 0 Å². The van der Waals surface area contributed by atoms with Crippen molar-refractivity contribution in [3.8, 4) is 17.0 Å². The van der Waals surface area contributed by atoms with Gasteiger partial charge >= 0.3 is 0 Å². The Morgan fingerprint density at radius 1 is 1.19 bits per heavy atom. The van der Waals surface area contributed by atoms with Gasteiger partial charge in [0.15, 0.2) is 11.4 Å². The van der Waals surface area contributed by atoms with Crippen LogP contribution >= 0.6 is 0 Å². The Labute approximate surface area is 249 Å². The van der Waals surface area contributed by atoms with Crippen molar-refractivity contribution in [3.05, 3.63) is 64.1 Å². The number of carbonyl (C=O) groups is 3. The monoisotopic (exact) mass is 590 g/mol. The van der Waals surface area contributed by atoms with Crippen LogP contribution in [0.25, 0.3) is 17.0 Å². The second-order valence-electron chi connectivity index (χ2n) is 13.1. The Kier molecular flexibility index (Phi) is 7.48. The molecule has 11 heteroatoms. The summed E-state index contributed by atoms with van der Waals surface area (Å²) in [6, 6.07) is 6.10. The first-order chi connectivity index (χ1) is 20.1. The molecule has 3 aliphatic rings. The fourth-order valence-corrected chi connectivity index (χ4v) is 6.82. The number of aromatic hydroxyl groups is 1. The van der Waals surface area contributed by atoms with Crippen LogP contribution in [-0.4, -0.2) is 80.1 Å². The number of phenols is 1. The number of pyridine rings is 1. The van der Waals surface area contributed by atoms with Gasteiger partial charge in [0.05, 0.1) is 17.3 Å². The van der Waals surface area contributed by atoms with Crippen LogP contribution in [0.3, 0.4) is 0 Å². The van der Waals surface area contributed by atoms with Crippen molar-refractivity contribution in [2.75, 3.05) is 20.6 Å². The number of nitrogens with one attached hydrogen (secondary N) is 1. The molecule has 0 saturated heterocycles. The number of Topliss-reactive ketones (excluding diaryl/α,β-unsaturated/α-hetero) is 2. The van der Waals surface area contributed by atoms with Gasteiger partial charge in [0, 0.05) is 41.9 Å². The lowest BCUT2D eigenvalue weighted by Crippen LogP contribution is -2.65. The molecule has 43 heavy (non-hydrogen) atoms. The maximum atomic E-state index is 14.2. The zero-order valence-electron chi connectivity index (χ0n) is 24.9. The summed E-state index contributed by atoms with van der Waals surface area (Å²) in [6.07, 6.45) is 1.84. The molecule has 5 rings (SSSR count). The normalized spacial score (nSPS) is 25.5. The summed E-state index contributed by atoms with van der Waals surface area (Å²) >= 11 is 0. The zero-order valence-corrected chi connectivity index (χ0v) is 24.9. The number of carbonyl (C=O) groups excluding carboxylic acids is 3. The molecule has 1 aromatic carbocycles. The zero-order chi connectivity index (χ0) is 31.6. The molecule has 0 aliphatic heterocycles. The van der Waals surface area contributed by atoms with E-state index < -0.39 is 58.0 Å². The molecule has 228 valence electrons. The van der Waals surface area contributed by atoms with Crippen LogP contribution in [0.15, 0.2) is 47.4 Å². The quantitative estimate of drug-likeness (QED) is 0.272. The maximum absolute atomic E-state index is 14.2. The molecule has 1 heterocycles. The van der Waals surface area contributed by atoms with Gasteiger partial charge in [-0.3, -0.25) is 24.3 Å². The lowest BCUT2D eigenvalue weighted by Gasteiger charge is -2.50. The smallest absolute Gasteiger partial charge is 0.255 e. The van der Waals surface area contributed by atoms with E-state index in [1.807, 2.05) is 18.2 Å². The van der Waals surface area contributed by atoms with Crippen molar-refractivity contribution in [2.24, 2.45) is 23.0 Å². The summed E-state index contributed by atoms with van der Waals surface area (Å²) in [5.41, 5.74) is 4.04. The van der Waals surface area contributed by atoms with E-state index in [1.54, 1.807) is 26.4 Å². The summed E-state index contributed by atoms with van der Waals surface area (Å²) in [6.45, 7) is 7.12. The molecule has 3 aliphatic carbocycles. The number of likely N-dealkylation sites (N-methyl/N-ethyl adjacent to an activating group) is 1. The van der Waals surface area contributed by atoms with Crippen molar-refractivity contribution in [3.63, 3.8) is 0 Å². The van der Waals surface area contributed by atoms with Gasteiger partial charge in [-0.15, -0.1) is 0 Å². The molecule has 1 aromatic heterocycles. The van der Waals surface area contributed by atoms with Crippen molar-refractivity contribution >= 4 is 23.2 Å². The first kappa shape index (κ1) is 30.4. The highest BCUT2D eigenvalue weighted by atomic mass is 16.3. The molecular weight excluding hydrogens is 552 g/mol. The van der Waals surface area contributed by atoms with E-state index in [0.717, 1.165) is 0 Å². The molecule has 1 fully saturated rings.